The van der Waals surface area contributed by atoms with Gasteiger partial charge in [0, 0.05) is 5.69 Å². The second kappa shape index (κ2) is 5.19. The second-order valence-corrected chi connectivity index (χ2v) is 5.53. The fourth-order valence-electron chi connectivity index (χ4n) is 1.63. The molecule has 0 aliphatic rings. The van der Waals surface area contributed by atoms with Crippen molar-refractivity contribution in [3.05, 3.63) is 40.4 Å². The molecule has 0 saturated heterocycles. The maximum atomic E-state index is 8.78. The largest absolute Gasteiger partial charge is 0.331 e. The van der Waals surface area contributed by atoms with Crippen molar-refractivity contribution in [3.63, 3.8) is 0 Å². The van der Waals surface area contributed by atoms with Crippen molar-refractivity contribution in [2.24, 2.45) is 0 Å². The molecule has 0 bridgehead atoms. The highest BCUT2D eigenvalue weighted by Crippen LogP contribution is 2.27. The molecule has 0 saturated carbocycles. The minimum absolute atomic E-state index is 0.497. The van der Waals surface area contributed by atoms with Gasteiger partial charge in [-0.25, -0.2) is 4.98 Å². The average Bonchev–Trinajstić information content (AvgIpc) is 2.79. The lowest BCUT2D eigenvalue weighted by atomic mass is 10.0. The number of aromatic nitrogens is 1. The smallest absolute Gasteiger partial charge is 0.188 e. The van der Waals surface area contributed by atoms with Gasteiger partial charge in [-0.2, -0.15) is 5.26 Å². The number of rotatable bonds is 3. The predicted octanol–water partition coefficient (Wildman–Crippen LogP) is 4.19. The first kappa shape index (κ1) is 12.6. The minimum atomic E-state index is 0.497. The Hall–Kier alpha value is -1.86. The number of hydrogen-bond donors (Lipinski definition) is 1. The van der Waals surface area contributed by atoms with Crippen LogP contribution in [-0.4, -0.2) is 4.98 Å². The zero-order chi connectivity index (χ0) is 13.1. The zero-order valence-electron chi connectivity index (χ0n) is 10.7. The number of nitriles is 1. The predicted molar refractivity (Wildman–Crippen MR) is 75.4 cm³/mol. The van der Waals surface area contributed by atoms with Crippen molar-refractivity contribution < 1.29 is 0 Å². The molecule has 2 rings (SSSR count). The molecular formula is C14H15N3S. The van der Waals surface area contributed by atoms with Crippen LogP contribution in [0.25, 0.3) is 0 Å². The SMILES string of the molecule is Cc1ccc(C(C)C)cc1Nc1ncc(C#N)s1. The van der Waals surface area contributed by atoms with E-state index in [4.69, 9.17) is 5.26 Å². The molecular weight excluding hydrogens is 242 g/mol. The Bertz CT molecular complexity index is 593. The van der Waals surface area contributed by atoms with E-state index in [1.165, 1.54) is 22.5 Å². The summed E-state index contributed by atoms with van der Waals surface area (Å²) in [6, 6.07) is 8.49. The molecule has 0 spiro atoms. The van der Waals surface area contributed by atoms with E-state index in [9.17, 15) is 0 Å². The van der Waals surface area contributed by atoms with E-state index in [-0.39, 0.29) is 0 Å². The van der Waals surface area contributed by atoms with Gasteiger partial charge in [0.25, 0.3) is 0 Å². The molecule has 1 heterocycles. The van der Waals surface area contributed by atoms with Crippen molar-refractivity contribution in [3.8, 4) is 6.07 Å². The van der Waals surface area contributed by atoms with E-state index in [0.717, 1.165) is 10.8 Å². The van der Waals surface area contributed by atoms with Gasteiger partial charge in [0.2, 0.25) is 0 Å². The molecule has 0 unspecified atom stereocenters. The summed E-state index contributed by atoms with van der Waals surface area (Å²) in [5.74, 6) is 0.497. The summed E-state index contributed by atoms with van der Waals surface area (Å²) < 4.78 is 0. The third kappa shape index (κ3) is 2.69. The third-order valence-electron chi connectivity index (χ3n) is 2.79. The molecule has 18 heavy (non-hydrogen) atoms. The quantitative estimate of drug-likeness (QED) is 0.896. The number of thiazole rings is 1. The van der Waals surface area contributed by atoms with Crippen molar-refractivity contribution in [1.82, 2.24) is 4.98 Å². The van der Waals surface area contributed by atoms with Crippen LogP contribution < -0.4 is 5.32 Å². The van der Waals surface area contributed by atoms with Gasteiger partial charge in [-0.15, -0.1) is 0 Å². The van der Waals surface area contributed by atoms with Gasteiger partial charge in [-0.3, -0.25) is 0 Å². The van der Waals surface area contributed by atoms with Crippen molar-refractivity contribution in [2.45, 2.75) is 26.7 Å². The Morgan fingerprint density at radius 3 is 2.78 bits per heavy atom. The molecule has 1 aromatic heterocycles. The number of benzene rings is 1. The Morgan fingerprint density at radius 2 is 2.17 bits per heavy atom. The number of nitrogens with zero attached hydrogens (tertiary/aromatic N) is 2. The highest BCUT2D eigenvalue weighted by molar-refractivity contribution is 7.16. The van der Waals surface area contributed by atoms with Gasteiger partial charge in [0.05, 0.1) is 6.20 Å². The summed E-state index contributed by atoms with van der Waals surface area (Å²) in [4.78, 5) is 4.80. The molecule has 2 aromatic rings. The van der Waals surface area contributed by atoms with Crippen LogP contribution in [-0.2, 0) is 0 Å². The van der Waals surface area contributed by atoms with Gasteiger partial charge in [-0.1, -0.05) is 37.3 Å². The summed E-state index contributed by atoms with van der Waals surface area (Å²) in [7, 11) is 0. The standard InChI is InChI=1S/C14H15N3S/c1-9(2)11-5-4-10(3)13(6-11)17-14-16-8-12(7-15)18-14/h4-6,8-9H,1-3H3,(H,16,17). The van der Waals surface area contributed by atoms with Crippen molar-refractivity contribution >= 4 is 22.2 Å². The Morgan fingerprint density at radius 1 is 1.39 bits per heavy atom. The lowest BCUT2D eigenvalue weighted by Crippen LogP contribution is -1.95. The Kier molecular flexibility index (Phi) is 3.63. The highest BCUT2D eigenvalue weighted by atomic mass is 32.1. The van der Waals surface area contributed by atoms with Crippen LogP contribution in [0.2, 0.25) is 0 Å². The van der Waals surface area contributed by atoms with Crippen LogP contribution >= 0.6 is 11.3 Å². The van der Waals surface area contributed by atoms with Gasteiger partial charge < -0.3 is 5.32 Å². The Labute approximate surface area is 111 Å². The molecule has 4 heteroatoms. The van der Waals surface area contributed by atoms with Gasteiger partial charge >= 0.3 is 0 Å². The van der Waals surface area contributed by atoms with Crippen LogP contribution in [0.15, 0.2) is 24.4 Å². The van der Waals surface area contributed by atoms with E-state index >= 15 is 0 Å². The Balaban J connectivity index is 2.28. The topological polar surface area (TPSA) is 48.7 Å². The molecule has 3 nitrogen and oxygen atoms in total. The summed E-state index contributed by atoms with van der Waals surface area (Å²) >= 11 is 1.37. The molecule has 0 aliphatic carbocycles. The molecule has 1 N–H and O–H groups in total. The van der Waals surface area contributed by atoms with Gasteiger partial charge in [0.1, 0.15) is 10.9 Å². The number of hydrogen-bond acceptors (Lipinski definition) is 4. The monoisotopic (exact) mass is 257 g/mol. The number of aryl methyl sites for hydroxylation is 1. The number of nitrogens with one attached hydrogen (secondary N) is 1. The molecule has 92 valence electrons. The molecule has 0 fully saturated rings. The van der Waals surface area contributed by atoms with Crippen LogP contribution in [0.4, 0.5) is 10.8 Å². The maximum absolute atomic E-state index is 8.78. The summed E-state index contributed by atoms with van der Waals surface area (Å²) in [5, 5.41) is 12.8. The molecule has 0 atom stereocenters. The van der Waals surface area contributed by atoms with Gasteiger partial charge in [0.15, 0.2) is 5.13 Å². The van der Waals surface area contributed by atoms with E-state index in [2.05, 4.69) is 55.3 Å². The third-order valence-corrected chi connectivity index (χ3v) is 3.60. The molecule has 0 aliphatic heterocycles. The molecule has 0 radical (unpaired) electrons. The second-order valence-electron chi connectivity index (χ2n) is 4.50. The highest BCUT2D eigenvalue weighted by Gasteiger charge is 2.06. The maximum Gasteiger partial charge on any atom is 0.188 e. The molecule has 1 aromatic carbocycles. The lowest BCUT2D eigenvalue weighted by molar-refractivity contribution is 0.866. The van der Waals surface area contributed by atoms with Crippen molar-refractivity contribution in [1.29, 1.82) is 5.26 Å². The minimum Gasteiger partial charge on any atom is -0.331 e. The van der Waals surface area contributed by atoms with Crippen LogP contribution in [0.5, 0.6) is 0 Å². The van der Waals surface area contributed by atoms with E-state index in [0.29, 0.717) is 10.8 Å². The van der Waals surface area contributed by atoms with E-state index < -0.39 is 0 Å². The zero-order valence-corrected chi connectivity index (χ0v) is 11.5. The van der Waals surface area contributed by atoms with Crippen LogP contribution in [0, 0.1) is 18.3 Å². The van der Waals surface area contributed by atoms with E-state index in [1.54, 1.807) is 6.20 Å². The van der Waals surface area contributed by atoms with Crippen LogP contribution in [0.3, 0.4) is 0 Å². The van der Waals surface area contributed by atoms with Crippen molar-refractivity contribution in [2.75, 3.05) is 5.32 Å². The first-order valence-electron chi connectivity index (χ1n) is 5.83. The first-order chi connectivity index (χ1) is 8.60. The average molecular weight is 257 g/mol. The summed E-state index contributed by atoms with van der Waals surface area (Å²) in [6.07, 6.45) is 1.59. The fourth-order valence-corrected chi connectivity index (χ4v) is 2.26. The van der Waals surface area contributed by atoms with Gasteiger partial charge in [-0.05, 0) is 30.0 Å². The summed E-state index contributed by atoms with van der Waals surface area (Å²) in [6.45, 7) is 6.41. The summed E-state index contributed by atoms with van der Waals surface area (Å²) in [5.41, 5.74) is 3.52. The first-order valence-corrected chi connectivity index (χ1v) is 6.65. The molecule has 0 amide bonds. The van der Waals surface area contributed by atoms with Crippen LogP contribution in [0.1, 0.15) is 35.8 Å². The lowest BCUT2D eigenvalue weighted by Gasteiger charge is -2.11. The normalized spacial score (nSPS) is 10.4. The fraction of sp³-hybridized carbons (Fsp3) is 0.286. The van der Waals surface area contributed by atoms with E-state index in [1.807, 2.05) is 0 Å². The number of anilines is 2.